The highest BCUT2D eigenvalue weighted by molar-refractivity contribution is 7.14. The number of carbonyl (C=O) groups excluding carboxylic acids is 1. The standard InChI is InChI=1S/C13H20ClNOS/c1-9(2)15(7-5-6-14)13(16)12-8-10(3)11(4)17-12/h8-9H,5-7H2,1-4H3. The molecule has 1 aromatic heterocycles. The number of aryl methyl sites for hydroxylation is 2. The lowest BCUT2D eigenvalue weighted by molar-refractivity contribution is 0.0711. The van der Waals surface area contributed by atoms with Gasteiger partial charge >= 0.3 is 0 Å². The number of alkyl halides is 1. The number of nitrogens with zero attached hydrogens (tertiary/aromatic N) is 1. The zero-order chi connectivity index (χ0) is 13.0. The first-order valence-electron chi connectivity index (χ1n) is 5.91. The molecule has 1 amide bonds. The summed E-state index contributed by atoms with van der Waals surface area (Å²) in [6, 6.07) is 2.20. The molecule has 1 aromatic rings. The first-order chi connectivity index (χ1) is 7.97. The van der Waals surface area contributed by atoms with Crippen molar-refractivity contribution >= 4 is 28.8 Å². The second-order valence-electron chi connectivity index (χ2n) is 4.48. The third-order valence-electron chi connectivity index (χ3n) is 2.79. The molecule has 0 aliphatic heterocycles. The molecule has 0 N–H and O–H groups in total. The predicted molar refractivity (Wildman–Crippen MR) is 75.3 cm³/mol. The molecule has 4 heteroatoms. The number of rotatable bonds is 5. The molecule has 17 heavy (non-hydrogen) atoms. The van der Waals surface area contributed by atoms with E-state index in [1.807, 2.05) is 31.7 Å². The first kappa shape index (κ1) is 14.5. The minimum Gasteiger partial charge on any atom is -0.335 e. The Bertz CT molecular complexity index is 367. The molecule has 0 saturated heterocycles. The van der Waals surface area contributed by atoms with Crippen molar-refractivity contribution in [2.45, 2.75) is 40.2 Å². The van der Waals surface area contributed by atoms with E-state index < -0.39 is 0 Å². The average Bonchev–Trinajstić information content (AvgIpc) is 2.59. The van der Waals surface area contributed by atoms with E-state index in [4.69, 9.17) is 11.6 Å². The van der Waals surface area contributed by atoms with Crippen molar-refractivity contribution in [3.63, 3.8) is 0 Å². The molecular formula is C13H20ClNOS. The van der Waals surface area contributed by atoms with Gasteiger partial charge in [0, 0.05) is 23.3 Å². The summed E-state index contributed by atoms with van der Waals surface area (Å²) in [7, 11) is 0. The monoisotopic (exact) mass is 273 g/mol. The molecule has 0 aliphatic carbocycles. The van der Waals surface area contributed by atoms with Gasteiger partial charge < -0.3 is 4.90 Å². The summed E-state index contributed by atoms with van der Waals surface area (Å²) in [5, 5.41) is 0. The third kappa shape index (κ3) is 3.71. The largest absolute Gasteiger partial charge is 0.335 e. The van der Waals surface area contributed by atoms with Gasteiger partial charge in [0.25, 0.3) is 5.91 Å². The molecule has 1 rings (SSSR count). The minimum atomic E-state index is 0.131. The van der Waals surface area contributed by atoms with Gasteiger partial charge in [0.2, 0.25) is 0 Å². The maximum Gasteiger partial charge on any atom is 0.264 e. The van der Waals surface area contributed by atoms with Crippen LogP contribution >= 0.6 is 22.9 Å². The van der Waals surface area contributed by atoms with Crippen LogP contribution in [0.25, 0.3) is 0 Å². The van der Waals surface area contributed by atoms with Crippen molar-refractivity contribution in [3.05, 3.63) is 21.4 Å². The van der Waals surface area contributed by atoms with E-state index in [1.54, 1.807) is 11.3 Å². The summed E-state index contributed by atoms with van der Waals surface area (Å²) in [5.74, 6) is 0.727. The number of carbonyl (C=O) groups is 1. The summed E-state index contributed by atoms with van der Waals surface area (Å²) in [5.41, 5.74) is 1.19. The summed E-state index contributed by atoms with van der Waals surface area (Å²) < 4.78 is 0. The number of thiophene rings is 1. The fourth-order valence-corrected chi connectivity index (χ4v) is 2.75. The van der Waals surface area contributed by atoms with Crippen molar-refractivity contribution in [1.29, 1.82) is 0 Å². The molecule has 0 aliphatic rings. The normalized spacial score (nSPS) is 10.9. The van der Waals surface area contributed by atoms with E-state index >= 15 is 0 Å². The van der Waals surface area contributed by atoms with E-state index in [9.17, 15) is 4.79 Å². The van der Waals surface area contributed by atoms with Crippen molar-refractivity contribution in [1.82, 2.24) is 4.90 Å². The van der Waals surface area contributed by atoms with Gasteiger partial charge in [-0.3, -0.25) is 4.79 Å². The van der Waals surface area contributed by atoms with Crippen LogP contribution < -0.4 is 0 Å². The van der Waals surface area contributed by atoms with Gasteiger partial charge in [-0.15, -0.1) is 22.9 Å². The molecule has 0 saturated carbocycles. The van der Waals surface area contributed by atoms with Gasteiger partial charge in [-0.2, -0.15) is 0 Å². The van der Waals surface area contributed by atoms with E-state index in [0.717, 1.165) is 17.8 Å². The Morgan fingerprint density at radius 3 is 2.53 bits per heavy atom. The van der Waals surface area contributed by atoms with Crippen LogP contribution in [0.15, 0.2) is 6.07 Å². The van der Waals surface area contributed by atoms with Gasteiger partial charge in [0.1, 0.15) is 0 Å². The number of hydrogen-bond donors (Lipinski definition) is 0. The van der Waals surface area contributed by atoms with Gasteiger partial charge in [-0.05, 0) is 45.7 Å². The van der Waals surface area contributed by atoms with Crippen molar-refractivity contribution < 1.29 is 4.79 Å². The summed E-state index contributed by atoms with van der Waals surface area (Å²) in [6.07, 6.45) is 0.842. The van der Waals surface area contributed by atoms with Gasteiger partial charge in [0.15, 0.2) is 0 Å². The highest BCUT2D eigenvalue weighted by Crippen LogP contribution is 2.22. The molecule has 0 unspecified atom stereocenters. The van der Waals surface area contributed by atoms with Gasteiger partial charge in [0.05, 0.1) is 4.88 Å². The second kappa shape index (κ2) is 6.41. The lowest BCUT2D eigenvalue weighted by atomic mass is 10.2. The molecule has 0 aromatic carbocycles. The summed E-state index contributed by atoms with van der Waals surface area (Å²) in [6.45, 7) is 8.91. The predicted octanol–water partition coefficient (Wildman–Crippen LogP) is 3.84. The first-order valence-corrected chi connectivity index (χ1v) is 7.26. The highest BCUT2D eigenvalue weighted by Gasteiger charge is 2.20. The lowest BCUT2D eigenvalue weighted by Crippen LogP contribution is -2.37. The fourth-order valence-electron chi connectivity index (χ4n) is 1.64. The summed E-state index contributed by atoms with van der Waals surface area (Å²) in [4.78, 5) is 16.3. The lowest BCUT2D eigenvalue weighted by Gasteiger charge is -2.25. The molecule has 0 atom stereocenters. The van der Waals surface area contributed by atoms with E-state index in [0.29, 0.717) is 5.88 Å². The van der Waals surface area contributed by atoms with E-state index in [-0.39, 0.29) is 11.9 Å². The molecule has 1 heterocycles. The van der Waals surface area contributed by atoms with Gasteiger partial charge in [-0.1, -0.05) is 0 Å². The Labute approximate surface area is 113 Å². The van der Waals surface area contributed by atoms with E-state index in [2.05, 4.69) is 6.92 Å². The fraction of sp³-hybridized carbons (Fsp3) is 0.615. The maximum absolute atomic E-state index is 12.4. The van der Waals surface area contributed by atoms with Gasteiger partial charge in [-0.25, -0.2) is 0 Å². The van der Waals surface area contributed by atoms with Crippen molar-refractivity contribution in [2.75, 3.05) is 12.4 Å². The third-order valence-corrected chi connectivity index (χ3v) is 4.20. The molecule has 2 nitrogen and oxygen atoms in total. The Balaban J connectivity index is 2.84. The quantitative estimate of drug-likeness (QED) is 0.747. The van der Waals surface area contributed by atoms with Crippen molar-refractivity contribution in [3.8, 4) is 0 Å². The topological polar surface area (TPSA) is 20.3 Å². The van der Waals surface area contributed by atoms with Crippen LogP contribution in [0, 0.1) is 13.8 Å². The smallest absolute Gasteiger partial charge is 0.264 e. The Morgan fingerprint density at radius 1 is 1.47 bits per heavy atom. The number of halogens is 1. The maximum atomic E-state index is 12.4. The molecule has 0 radical (unpaired) electrons. The second-order valence-corrected chi connectivity index (χ2v) is 6.12. The number of amides is 1. The van der Waals surface area contributed by atoms with Crippen LogP contribution in [0.4, 0.5) is 0 Å². The Kier molecular flexibility index (Phi) is 5.47. The van der Waals surface area contributed by atoms with Crippen LogP contribution in [0.1, 0.15) is 40.4 Å². The van der Waals surface area contributed by atoms with Crippen LogP contribution in [0.5, 0.6) is 0 Å². The minimum absolute atomic E-state index is 0.131. The average molecular weight is 274 g/mol. The zero-order valence-electron chi connectivity index (χ0n) is 10.9. The summed E-state index contributed by atoms with van der Waals surface area (Å²) >= 11 is 7.27. The van der Waals surface area contributed by atoms with Crippen LogP contribution in [-0.2, 0) is 0 Å². The molecule has 0 bridgehead atoms. The zero-order valence-corrected chi connectivity index (χ0v) is 12.5. The van der Waals surface area contributed by atoms with E-state index in [1.165, 1.54) is 10.4 Å². The Hall–Kier alpha value is -0.540. The Morgan fingerprint density at radius 2 is 2.12 bits per heavy atom. The number of hydrogen-bond acceptors (Lipinski definition) is 2. The molecule has 0 fully saturated rings. The molecular weight excluding hydrogens is 254 g/mol. The molecule has 96 valence electrons. The molecule has 0 spiro atoms. The van der Waals surface area contributed by atoms with Crippen LogP contribution in [0.2, 0.25) is 0 Å². The van der Waals surface area contributed by atoms with Crippen LogP contribution in [-0.4, -0.2) is 29.3 Å². The SMILES string of the molecule is Cc1cc(C(=O)N(CCCCl)C(C)C)sc1C. The highest BCUT2D eigenvalue weighted by atomic mass is 35.5. The van der Waals surface area contributed by atoms with Crippen LogP contribution in [0.3, 0.4) is 0 Å². The van der Waals surface area contributed by atoms with Crippen molar-refractivity contribution in [2.24, 2.45) is 0 Å².